The number of Topliss-reactive ketones (excluding diaryl/α,β-unsaturated/α-hetero) is 1. The predicted octanol–water partition coefficient (Wildman–Crippen LogP) is 1.97. The standard InChI is InChI=1S/C21H25NO7/c1-4-26-19(24)9-22-8-15(12(2)23)14-7-13(5-6-16(14)22)29-18-11-28-20-17(25-3)10-27-21(18)20/h5-8,17-18,20-21H,4,9-11H2,1-3H3/t17-,18-,20-,21-/m1/s1. The summed E-state index contributed by atoms with van der Waals surface area (Å²) in [5.74, 6) is 0.189. The summed E-state index contributed by atoms with van der Waals surface area (Å²) in [6, 6.07) is 5.49. The fraction of sp³-hybridized carbons (Fsp3) is 0.524. The monoisotopic (exact) mass is 403 g/mol. The van der Waals surface area contributed by atoms with Gasteiger partial charge in [0.2, 0.25) is 0 Å². The number of methoxy groups -OCH3 is 1. The Labute approximate surface area is 168 Å². The fourth-order valence-electron chi connectivity index (χ4n) is 4.01. The Bertz CT molecular complexity index is 921. The number of carbonyl (C=O) groups is 2. The lowest BCUT2D eigenvalue weighted by Gasteiger charge is -2.18. The molecule has 4 atom stereocenters. The van der Waals surface area contributed by atoms with Crippen molar-refractivity contribution in [3.63, 3.8) is 0 Å². The van der Waals surface area contributed by atoms with E-state index in [1.165, 1.54) is 6.92 Å². The molecule has 2 aliphatic rings. The maximum atomic E-state index is 12.1. The van der Waals surface area contributed by atoms with Gasteiger partial charge in [0.15, 0.2) is 11.9 Å². The Kier molecular flexibility index (Phi) is 5.58. The average molecular weight is 403 g/mol. The van der Waals surface area contributed by atoms with Crippen LogP contribution in [0.15, 0.2) is 24.4 Å². The van der Waals surface area contributed by atoms with E-state index in [1.807, 2.05) is 18.2 Å². The Balaban J connectivity index is 1.58. The van der Waals surface area contributed by atoms with E-state index in [0.717, 1.165) is 10.9 Å². The zero-order valence-electron chi connectivity index (χ0n) is 16.8. The Morgan fingerprint density at radius 1 is 1.17 bits per heavy atom. The average Bonchev–Trinajstić information content (AvgIpc) is 3.37. The van der Waals surface area contributed by atoms with Gasteiger partial charge in [-0.05, 0) is 32.0 Å². The lowest BCUT2D eigenvalue weighted by Crippen LogP contribution is -2.35. The number of ketones is 1. The van der Waals surface area contributed by atoms with Gasteiger partial charge in [-0.3, -0.25) is 9.59 Å². The van der Waals surface area contributed by atoms with Crippen molar-refractivity contribution in [2.75, 3.05) is 26.9 Å². The zero-order chi connectivity index (χ0) is 20.5. The second kappa shape index (κ2) is 8.14. The normalized spacial score (nSPS) is 25.9. The van der Waals surface area contributed by atoms with Crippen molar-refractivity contribution in [2.24, 2.45) is 0 Å². The Morgan fingerprint density at radius 2 is 1.90 bits per heavy atom. The van der Waals surface area contributed by atoms with Gasteiger partial charge in [0.25, 0.3) is 0 Å². The number of hydrogen-bond donors (Lipinski definition) is 0. The van der Waals surface area contributed by atoms with E-state index in [4.69, 9.17) is 23.7 Å². The van der Waals surface area contributed by atoms with Gasteiger partial charge in [-0.25, -0.2) is 0 Å². The van der Waals surface area contributed by atoms with Crippen LogP contribution in [0.4, 0.5) is 0 Å². The van der Waals surface area contributed by atoms with Crippen LogP contribution in [0.25, 0.3) is 10.9 Å². The zero-order valence-corrected chi connectivity index (χ0v) is 16.8. The smallest absolute Gasteiger partial charge is 0.325 e. The molecule has 8 nitrogen and oxygen atoms in total. The van der Waals surface area contributed by atoms with E-state index in [2.05, 4.69) is 0 Å². The third-order valence-corrected chi connectivity index (χ3v) is 5.39. The number of esters is 1. The molecule has 2 saturated heterocycles. The van der Waals surface area contributed by atoms with Gasteiger partial charge >= 0.3 is 5.97 Å². The molecular formula is C21H25NO7. The summed E-state index contributed by atoms with van der Waals surface area (Å²) < 4.78 is 29.9. The lowest BCUT2D eigenvalue weighted by molar-refractivity contribution is -0.143. The van der Waals surface area contributed by atoms with Crippen LogP contribution in [0.1, 0.15) is 24.2 Å². The number of aromatic nitrogens is 1. The van der Waals surface area contributed by atoms with Crippen molar-refractivity contribution in [2.45, 2.75) is 44.8 Å². The highest BCUT2D eigenvalue weighted by Gasteiger charge is 2.49. The minimum absolute atomic E-state index is 0.0459. The summed E-state index contributed by atoms with van der Waals surface area (Å²) in [4.78, 5) is 24.0. The van der Waals surface area contributed by atoms with Crippen LogP contribution >= 0.6 is 0 Å². The second-order valence-electron chi connectivity index (χ2n) is 7.24. The first-order chi connectivity index (χ1) is 14.0. The Hall–Kier alpha value is -2.42. The van der Waals surface area contributed by atoms with Gasteiger partial charge in [0.05, 0.1) is 19.8 Å². The van der Waals surface area contributed by atoms with Crippen molar-refractivity contribution < 1.29 is 33.3 Å². The summed E-state index contributed by atoms with van der Waals surface area (Å²) in [7, 11) is 1.64. The molecule has 29 heavy (non-hydrogen) atoms. The molecule has 3 heterocycles. The van der Waals surface area contributed by atoms with Crippen molar-refractivity contribution in [3.05, 3.63) is 30.0 Å². The van der Waals surface area contributed by atoms with Crippen LogP contribution in [0.3, 0.4) is 0 Å². The molecule has 0 amide bonds. The van der Waals surface area contributed by atoms with Gasteiger partial charge in [-0.2, -0.15) is 0 Å². The summed E-state index contributed by atoms with van der Waals surface area (Å²) in [5, 5.41) is 0.733. The van der Waals surface area contributed by atoms with Crippen molar-refractivity contribution >= 4 is 22.7 Å². The van der Waals surface area contributed by atoms with Crippen molar-refractivity contribution in [3.8, 4) is 5.75 Å². The van der Waals surface area contributed by atoms with Crippen molar-refractivity contribution in [1.29, 1.82) is 0 Å². The molecule has 0 bridgehead atoms. The van der Waals surface area contributed by atoms with Crippen LogP contribution < -0.4 is 4.74 Å². The number of hydrogen-bond acceptors (Lipinski definition) is 7. The minimum Gasteiger partial charge on any atom is -0.485 e. The molecule has 1 aromatic heterocycles. The predicted molar refractivity (Wildman–Crippen MR) is 103 cm³/mol. The molecular weight excluding hydrogens is 378 g/mol. The highest BCUT2D eigenvalue weighted by Crippen LogP contribution is 2.33. The van der Waals surface area contributed by atoms with Gasteiger partial charge in [-0.1, -0.05) is 0 Å². The van der Waals surface area contributed by atoms with Gasteiger partial charge in [-0.15, -0.1) is 0 Å². The van der Waals surface area contributed by atoms with E-state index in [0.29, 0.717) is 31.1 Å². The fourth-order valence-corrected chi connectivity index (χ4v) is 4.01. The SMILES string of the molecule is CCOC(=O)Cn1cc(C(C)=O)c2cc(O[C@@H]3CO[C@H]4[C@@H]3OC[C@H]4OC)ccc21. The molecule has 0 radical (unpaired) electrons. The minimum atomic E-state index is -0.347. The molecule has 0 N–H and O–H groups in total. The highest BCUT2D eigenvalue weighted by atomic mass is 16.6. The van der Waals surface area contributed by atoms with Crippen LogP contribution in [-0.4, -0.2) is 67.7 Å². The summed E-state index contributed by atoms with van der Waals surface area (Å²) in [5.41, 5.74) is 1.31. The largest absolute Gasteiger partial charge is 0.485 e. The van der Waals surface area contributed by atoms with E-state index < -0.39 is 0 Å². The van der Waals surface area contributed by atoms with E-state index in [-0.39, 0.29) is 42.7 Å². The summed E-state index contributed by atoms with van der Waals surface area (Å²) >= 11 is 0. The molecule has 0 unspecified atom stereocenters. The van der Waals surface area contributed by atoms with Crippen LogP contribution in [0, 0.1) is 0 Å². The molecule has 156 valence electrons. The highest BCUT2D eigenvalue weighted by molar-refractivity contribution is 6.07. The maximum absolute atomic E-state index is 12.1. The van der Waals surface area contributed by atoms with Crippen LogP contribution in [0.5, 0.6) is 5.75 Å². The number of fused-ring (bicyclic) bond motifs is 2. The quantitative estimate of drug-likeness (QED) is 0.516. The molecule has 4 rings (SSSR count). The summed E-state index contributed by atoms with van der Waals surface area (Å²) in [6.45, 7) is 4.52. The lowest BCUT2D eigenvalue weighted by atomic mass is 10.1. The Morgan fingerprint density at radius 3 is 2.59 bits per heavy atom. The third kappa shape index (κ3) is 3.75. The molecule has 0 spiro atoms. The third-order valence-electron chi connectivity index (χ3n) is 5.39. The molecule has 0 aliphatic carbocycles. The summed E-state index contributed by atoms with van der Waals surface area (Å²) in [6.07, 6.45) is 1.03. The van der Waals surface area contributed by atoms with E-state index >= 15 is 0 Å². The van der Waals surface area contributed by atoms with Gasteiger partial charge in [0.1, 0.15) is 30.6 Å². The topological polar surface area (TPSA) is 85.2 Å². The van der Waals surface area contributed by atoms with Gasteiger partial charge < -0.3 is 28.3 Å². The first-order valence-electron chi connectivity index (χ1n) is 9.74. The first kappa shape index (κ1) is 19.9. The number of ether oxygens (including phenoxy) is 5. The molecule has 2 aliphatic heterocycles. The van der Waals surface area contributed by atoms with Crippen LogP contribution in [-0.2, 0) is 30.3 Å². The number of carbonyl (C=O) groups excluding carboxylic acids is 2. The van der Waals surface area contributed by atoms with E-state index in [1.54, 1.807) is 24.8 Å². The molecule has 2 aromatic rings. The van der Waals surface area contributed by atoms with Crippen molar-refractivity contribution in [1.82, 2.24) is 4.57 Å². The number of nitrogens with zero attached hydrogens (tertiary/aromatic N) is 1. The maximum Gasteiger partial charge on any atom is 0.325 e. The molecule has 1 aromatic carbocycles. The molecule has 2 fully saturated rings. The number of benzene rings is 1. The second-order valence-corrected chi connectivity index (χ2v) is 7.24. The van der Waals surface area contributed by atoms with E-state index in [9.17, 15) is 9.59 Å². The number of rotatable bonds is 7. The first-order valence-corrected chi connectivity index (χ1v) is 9.74. The molecule has 8 heteroatoms. The van der Waals surface area contributed by atoms with Gasteiger partial charge in [0, 0.05) is 29.8 Å². The molecule has 0 saturated carbocycles. The van der Waals surface area contributed by atoms with Crippen LogP contribution in [0.2, 0.25) is 0 Å².